The average Bonchev–Trinajstić information content (AvgIpc) is 2.84. The first-order chi connectivity index (χ1) is 9.41. The molecule has 0 saturated heterocycles. The number of nitrogens with zero attached hydrogens (tertiary/aromatic N) is 4. The Balaban J connectivity index is 2.29. The van der Waals surface area contributed by atoms with Crippen LogP contribution in [0.25, 0.3) is 11.4 Å². The van der Waals surface area contributed by atoms with Crippen molar-refractivity contribution in [3.05, 3.63) is 23.8 Å². The molecule has 0 amide bonds. The maximum atomic E-state index is 11.5. The number of anilines is 1. The minimum Gasteiger partial charge on any atom is -0.399 e. The normalized spacial score (nSPS) is 11.7. The summed E-state index contributed by atoms with van der Waals surface area (Å²) in [6, 6.07) is 5.52. The van der Waals surface area contributed by atoms with Crippen molar-refractivity contribution >= 4 is 15.5 Å². The molecule has 2 aromatic rings. The van der Waals surface area contributed by atoms with E-state index in [9.17, 15) is 8.42 Å². The number of rotatable bonds is 5. The zero-order valence-electron chi connectivity index (χ0n) is 11.4. The Kier molecular flexibility index (Phi) is 4.03. The van der Waals surface area contributed by atoms with Gasteiger partial charge in [-0.05, 0) is 41.1 Å². The number of aryl methyl sites for hydroxylation is 2. The summed E-state index contributed by atoms with van der Waals surface area (Å²) in [5.74, 6) is 0.650. The summed E-state index contributed by atoms with van der Waals surface area (Å²) in [4.78, 5) is 0. The number of nitrogen functional groups attached to an aromatic ring is 1. The molecule has 0 spiro atoms. The maximum absolute atomic E-state index is 11.5. The molecule has 0 bridgehead atoms. The second-order valence-corrected chi connectivity index (χ2v) is 7.07. The lowest BCUT2D eigenvalue weighted by atomic mass is 10.1. The zero-order chi connectivity index (χ0) is 14.8. The first kappa shape index (κ1) is 14.4. The molecule has 2 rings (SSSR count). The van der Waals surface area contributed by atoms with Crippen LogP contribution in [0.1, 0.15) is 12.5 Å². The number of aromatic nitrogens is 4. The summed E-state index contributed by atoms with van der Waals surface area (Å²) in [5, 5.41) is 11.4. The van der Waals surface area contributed by atoms with Crippen LogP contribution in [-0.2, 0) is 16.4 Å². The van der Waals surface area contributed by atoms with Crippen molar-refractivity contribution in [2.45, 2.75) is 20.4 Å². The summed E-state index contributed by atoms with van der Waals surface area (Å²) < 4.78 is 24.6. The van der Waals surface area contributed by atoms with Gasteiger partial charge in [-0.15, -0.1) is 5.10 Å². The van der Waals surface area contributed by atoms with Crippen LogP contribution in [0.5, 0.6) is 0 Å². The molecule has 1 heterocycles. The monoisotopic (exact) mass is 295 g/mol. The van der Waals surface area contributed by atoms with Gasteiger partial charge in [0.2, 0.25) is 0 Å². The summed E-state index contributed by atoms with van der Waals surface area (Å²) in [6.45, 7) is 3.78. The molecule has 2 N–H and O–H groups in total. The topological polar surface area (TPSA) is 104 Å². The summed E-state index contributed by atoms with van der Waals surface area (Å²) >= 11 is 0. The lowest BCUT2D eigenvalue weighted by molar-refractivity contribution is 0.577. The van der Waals surface area contributed by atoms with E-state index < -0.39 is 9.84 Å². The summed E-state index contributed by atoms with van der Waals surface area (Å²) in [7, 11) is -3.05. The standard InChI is InChI=1S/C12H17N5O2S/c1-3-20(18,19)5-4-17-12(14-15-16-17)10-6-9(2)7-11(13)8-10/h6-8H,3-5,13H2,1-2H3. The lowest BCUT2D eigenvalue weighted by Gasteiger charge is -2.06. The van der Waals surface area contributed by atoms with E-state index in [-0.39, 0.29) is 18.1 Å². The van der Waals surface area contributed by atoms with E-state index >= 15 is 0 Å². The summed E-state index contributed by atoms with van der Waals surface area (Å²) in [5.41, 5.74) is 8.20. The molecule has 1 aromatic heterocycles. The first-order valence-corrected chi connectivity index (χ1v) is 8.07. The van der Waals surface area contributed by atoms with Gasteiger partial charge in [0.25, 0.3) is 0 Å². The van der Waals surface area contributed by atoms with Gasteiger partial charge in [-0.25, -0.2) is 13.1 Å². The molecule has 8 heteroatoms. The van der Waals surface area contributed by atoms with E-state index in [0.717, 1.165) is 11.1 Å². The summed E-state index contributed by atoms with van der Waals surface area (Å²) in [6.07, 6.45) is 0. The highest BCUT2D eigenvalue weighted by atomic mass is 32.2. The molecule has 108 valence electrons. The van der Waals surface area contributed by atoms with Crippen LogP contribution in [-0.4, -0.2) is 40.1 Å². The van der Waals surface area contributed by atoms with Crippen molar-refractivity contribution in [2.75, 3.05) is 17.2 Å². The van der Waals surface area contributed by atoms with Gasteiger partial charge in [0.1, 0.15) is 0 Å². The smallest absolute Gasteiger partial charge is 0.182 e. The van der Waals surface area contributed by atoms with E-state index in [2.05, 4.69) is 15.5 Å². The van der Waals surface area contributed by atoms with Crippen molar-refractivity contribution in [3.8, 4) is 11.4 Å². The fourth-order valence-electron chi connectivity index (χ4n) is 1.87. The fourth-order valence-corrected chi connectivity index (χ4v) is 2.61. The van der Waals surface area contributed by atoms with Crippen LogP contribution in [0.2, 0.25) is 0 Å². The Morgan fingerprint density at radius 3 is 2.70 bits per heavy atom. The van der Waals surface area contributed by atoms with Gasteiger partial charge >= 0.3 is 0 Å². The lowest BCUT2D eigenvalue weighted by Crippen LogP contribution is -2.16. The van der Waals surface area contributed by atoms with E-state index in [1.165, 1.54) is 4.68 Å². The van der Waals surface area contributed by atoms with Crippen LogP contribution >= 0.6 is 0 Å². The van der Waals surface area contributed by atoms with Gasteiger partial charge in [0.05, 0.1) is 12.3 Å². The Bertz CT molecular complexity index is 688. The van der Waals surface area contributed by atoms with E-state index in [0.29, 0.717) is 11.5 Å². The van der Waals surface area contributed by atoms with Gasteiger partial charge in [-0.3, -0.25) is 0 Å². The van der Waals surface area contributed by atoms with Gasteiger partial charge in [0, 0.05) is 17.0 Å². The number of benzene rings is 1. The molecular weight excluding hydrogens is 278 g/mol. The second kappa shape index (κ2) is 5.58. The molecule has 0 aliphatic heterocycles. The van der Waals surface area contributed by atoms with Crippen molar-refractivity contribution in [1.29, 1.82) is 0 Å². The van der Waals surface area contributed by atoms with Crippen LogP contribution in [0.15, 0.2) is 18.2 Å². The third-order valence-corrected chi connectivity index (χ3v) is 4.63. The number of hydrogen-bond acceptors (Lipinski definition) is 6. The molecule has 0 atom stereocenters. The predicted octanol–water partition coefficient (Wildman–Crippen LogP) is 0.665. The molecule has 0 saturated carbocycles. The third-order valence-electron chi connectivity index (χ3n) is 2.94. The number of hydrogen-bond donors (Lipinski definition) is 1. The van der Waals surface area contributed by atoms with Crippen LogP contribution in [0.4, 0.5) is 5.69 Å². The molecule has 0 aliphatic carbocycles. The predicted molar refractivity (Wildman–Crippen MR) is 76.7 cm³/mol. The van der Waals surface area contributed by atoms with Crippen molar-refractivity contribution in [1.82, 2.24) is 20.2 Å². The Hall–Kier alpha value is -1.96. The molecule has 0 fully saturated rings. The van der Waals surface area contributed by atoms with E-state index in [4.69, 9.17) is 5.73 Å². The largest absolute Gasteiger partial charge is 0.399 e. The van der Waals surface area contributed by atoms with Crippen molar-refractivity contribution in [2.24, 2.45) is 0 Å². The van der Waals surface area contributed by atoms with Gasteiger partial charge in [-0.1, -0.05) is 6.92 Å². The molecular formula is C12H17N5O2S. The number of nitrogens with two attached hydrogens (primary N) is 1. The Morgan fingerprint density at radius 2 is 2.05 bits per heavy atom. The number of sulfone groups is 1. The Labute approximate surface area is 117 Å². The highest BCUT2D eigenvalue weighted by Gasteiger charge is 2.13. The average molecular weight is 295 g/mol. The molecule has 7 nitrogen and oxygen atoms in total. The van der Waals surface area contributed by atoms with Crippen molar-refractivity contribution in [3.63, 3.8) is 0 Å². The minimum absolute atomic E-state index is 0.0167. The van der Waals surface area contributed by atoms with Gasteiger partial charge in [0.15, 0.2) is 15.7 Å². The second-order valence-electron chi connectivity index (χ2n) is 4.59. The SMILES string of the molecule is CCS(=O)(=O)CCn1nnnc1-c1cc(C)cc(N)c1. The quantitative estimate of drug-likeness (QED) is 0.813. The van der Waals surface area contributed by atoms with E-state index in [1.54, 1.807) is 13.0 Å². The molecule has 0 aliphatic rings. The molecule has 1 aromatic carbocycles. The molecule has 0 radical (unpaired) electrons. The van der Waals surface area contributed by atoms with Crippen LogP contribution in [0, 0.1) is 6.92 Å². The highest BCUT2D eigenvalue weighted by molar-refractivity contribution is 7.91. The number of tetrazole rings is 1. The fraction of sp³-hybridized carbons (Fsp3) is 0.417. The third kappa shape index (κ3) is 3.32. The van der Waals surface area contributed by atoms with E-state index in [1.807, 2.05) is 19.1 Å². The Morgan fingerprint density at radius 1 is 1.30 bits per heavy atom. The van der Waals surface area contributed by atoms with Gasteiger partial charge in [-0.2, -0.15) is 0 Å². The first-order valence-electron chi connectivity index (χ1n) is 6.25. The highest BCUT2D eigenvalue weighted by Crippen LogP contribution is 2.20. The molecule has 20 heavy (non-hydrogen) atoms. The maximum Gasteiger partial charge on any atom is 0.182 e. The molecule has 0 unspecified atom stereocenters. The zero-order valence-corrected chi connectivity index (χ0v) is 12.3. The minimum atomic E-state index is -3.05. The van der Waals surface area contributed by atoms with Crippen molar-refractivity contribution < 1.29 is 8.42 Å². The van der Waals surface area contributed by atoms with Gasteiger partial charge < -0.3 is 5.73 Å². The van der Waals surface area contributed by atoms with Crippen LogP contribution in [0.3, 0.4) is 0 Å². The van der Waals surface area contributed by atoms with Crippen LogP contribution < -0.4 is 5.73 Å².